The lowest BCUT2D eigenvalue weighted by Gasteiger charge is -2.12. The Morgan fingerprint density at radius 2 is 1.95 bits per heavy atom. The molecule has 1 aromatic carbocycles. The Hall–Kier alpha value is -0.830. The van der Waals surface area contributed by atoms with Crippen molar-refractivity contribution < 1.29 is 8.42 Å². The van der Waals surface area contributed by atoms with Gasteiger partial charge in [0, 0.05) is 8.95 Å². The highest BCUT2D eigenvalue weighted by Crippen LogP contribution is 2.32. The number of rotatable bonds is 3. The van der Waals surface area contributed by atoms with E-state index in [4.69, 9.17) is 17.3 Å². The molecule has 2 rings (SSSR count). The third kappa shape index (κ3) is 3.43. The number of hydrogen-bond acceptors (Lipinski definition) is 4. The molecule has 1 heterocycles. The lowest BCUT2D eigenvalue weighted by molar-refractivity contribution is 0.601. The van der Waals surface area contributed by atoms with Gasteiger partial charge in [0.25, 0.3) is 10.0 Å². The van der Waals surface area contributed by atoms with E-state index in [0.717, 1.165) is 0 Å². The van der Waals surface area contributed by atoms with Crippen LogP contribution in [0.5, 0.6) is 0 Å². The molecule has 3 N–H and O–H groups in total. The van der Waals surface area contributed by atoms with Gasteiger partial charge in [0.05, 0.1) is 17.6 Å². The monoisotopic (exact) mass is 439 g/mol. The van der Waals surface area contributed by atoms with E-state index < -0.39 is 10.0 Å². The van der Waals surface area contributed by atoms with E-state index in [0.29, 0.717) is 14.6 Å². The summed E-state index contributed by atoms with van der Waals surface area (Å²) in [5.41, 5.74) is 6.19. The summed E-state index contributed by atoms with van der Waals surface area (Å²) < 4.78 is 28.1. The Morgan fingerprint density at radius 3 is 2.50 bits per heavy atom. The molecule has 1 aromatic heterocycles. The highest BCUT2D eigenvalue weighted by Gasteiger charge is 2.21. The predicted octanol–water partition coefficient (Wildman–Crippen LogP) is 3.64. The van der Waals surface area contributed by atoms with Crippen LogP contribution in [0.15, 0.2) is 44.3 Å². The minimum Gasteiger partial charge on any atom is -0.398 e. The van der Waals surface area contributed by atoms with Crippen LogP contribution in [-0.4, -0.2) is 13.4 Å². The highest BCUT2D eigenvalue weighted by molar-refractivity contribution is 9.11. The molecule has 0 aliphatic carbocycles. The summed E-state index contributed by atoms with van der Waals surface area (Å²) in [6, 6.07) is 6.11. The lowest BCUT2D eigenvalue weighted by Crippen LogP contribution is -2.15. The van der Waals surface area contributed by atoms with E-state index in [1.807, 2.05) is 0 Å². The largest absolute Gasteiger partial charge is 0.398 e. The van der Waals surface area contributed by atoms with Gasteiger partial charge in [-0.1, -0.05) is 27.5 Å². The third-order valence-electron chi connectivity index (χ3n) is 2.29. The van der Waals surface area contributed by atoms with Gasteiger partial charge < -0.3 is 5.73 Å². The molecule has 0 aliphatic rings. The molecule has 20 heavy (non-hydrogen) atoms. The number of aromatic nitrogens is 1. The second kappa shape index (κ2) is 5.88. The minimum absolute atomic E-state index is 0.0318. The number of halogens is 3. The Bertz CT molecular complexity index is 728. The predicted molar refractivity (Wildman–Crippen MR) is 86.3 cm³/mol. The number of benzene rings is 1. The minimum atomic E-state index is -3.83. The Balaban J connectivity index is 2.43. The van der Waals surface area contributed by atoms with E-state index in [-0.39, 0.29) is 15.7 Å². The van der Waals surface area contributed by atoms with Crippen LogP contribution < -0.4 is 10.5 Å². The molecule has 0 saturated carbocycles. The zero-order chi connectivity index (χ0) is 14.9. The topological polar surface area (TPSA) is 85.1 Å². The van der Waals surface area contributed by atoms with Crippen LogP contribution in [-0.2, 0) is 10.0 Å². The number of hydrogen-bond donors (Lipinski definition) is 2. The van der Waals surface area contributed by atoms with Crippen molar-refractivity contribution in [2.24, 2.45) is 0 Å². The van der Waals surface area contributed by atoms with Crippen LogP contribution in [0.4, 0.5) is 11.4 Å². The maximum absolute atomic E-state index is 12.3. The molecule has 0 bridgehead atoms. The maximum atomic E-state index is 12.3. The normalized spacial score (nSPS) is 11.3. The van der Waals surface area contributed by atoms with E-state index in [9.17, 15) is 8.42 Å². The maximum Gasteiger partial charge on any atom is 0.265 e. The van der Waals surface area contributed by atoms with E-state index in [1.54, 1.807) is 6.07 Å². The number of sulfonamides is 1. The molecular weight excluding hydrogens is 433 g/mol. The summed E-state index contributed by atoms with van der Waals surface area (Å²) in [5, 5.41) is 0.275. The van der Waals surface area contributed by atoms with Crippen molar-refractivity contribution in [3.8, 4) is 0 Å². The molecule has 0 aliphatic heterocycles. The quantitative estimate of drug-likeness (QED) is 0.563. The zero-order valence-corrected chi connectivity index (χ0v) is 14.5. The van der Waals surface area contributed by atoms with Crippen molar-refractivity contribution in [3.63, 3.8) is 0 Å². The van der Waals surface area contributed by atoms with Crippen LogP contribution in [0.25, 0.3) is 0 Å². The van der Waals surface area contributed by atoms with Crippen molar-refractivity contribution >= 4 is 64.9 Å². The lowest BCUT2D eigenvalue weighted by atomic mass is 10.3. The second-order valence-corrected chi connectivity index (χ2v) is 7.56. The van der Waals surface area contributed by atoms with E-state index in [1.165, 1.54) is 24.4 Å². The van der Waals surface area contributed by atoms with Crippen molar-refractivity contribution in [3.05, 3.63) is 44.6 Å². The summed E-state index contributed by atoms with van der Waals surface area (Å²) in [6.07, 6.45) is 1.32. The number of nitrogens with zero attached hydrogens (tertiary/aromatic N) is 1. The van der Waals surface area contributed by atoms with Gasteiger partial charge in [-0.2, -0.15) is 0 Å². The second-order valence-electron chi connectivity index (χ2n) is 3.78. The SMILES string of the molecule is Nc1cc(Br)cc(Br)c1S(=O)(=O)Nc1ccc(Cl)nc1. The van der Waals surface area contributed by atoms with Crippen LogP contribution in [0.3, 0.4) is 0 Å². The molecule has 0 unspecified atom stereocenters. The molecule has 0 spiro atoms. The Morgan fingerprint density at radius 1 is 1.25 bits per heavy atom. The van der Waals surface area contributed by atoms with Crippen molar-refractivity contribution in [1.82, 2.24) is 4.98 Å². The molecule has 2 aromatic rings. The number of nitrogens with two attached hydrogens (primary N) is 1. The first-order valence-electron chi connectivity index (χ1n) is 5.18. The molecule has 0 atom stereocenters. The number of anilines is 2. The van der Waals surface area contributed by atoms with Gasteiger partial charge in [-0.3, -0.25) is 4.72 Å². The first-order chi connectivity index (χ1) is 9.29. The molecule has 106 valence electrons. The Labute approximate surface area is 137 Å². The fourth-order valence-corrected chi connectivity index (χ4v) is 4.73. The van der Waals surface area contributed by atoms with Crippen LogP contribution in [0.1, 0.15) is 0 Å². The van der Waals surface area contributed by atoms with Gasteiger partial charge in [0.1, 0.15) is 10.0 Å². The van der Waals surface area contributed by atoms with Crippen molar-refractivity contribution in [1.29, 1.82) is 0 Å². The first-order valence-corrected chi connectivity index (χ1v) is 8.63. The average Bonchev–Trinajstić information content (AvgIpc) is 2.30. The summed E-state index contributed by atoms with van der Waals surface area (Å²) in [7, 11) is -3.83. The first kappa shape index (κ1) is 15.6. The molecule has 5 nitrogen and oxygen atoms in total. The standard InChI is InChI=1S/C11H8Br2ClN3O2S/c12-6-3-8(13)11(9(15)4-6)20(18,19)17-7-1-2-10(14)16-5-7/h1-5,17H,15H2. The fourth-order valence-electron chi connectivity index (χ4n) is 1.51. The van der Waals surface area contributed by atoms with Crippen molar-refractivity contribution in [2.45, 2.75) is 4.90 Å². The molecule has 0 radical (unpaired) electrons. The summed E-state index contributed by atoms with van der Waals surface area (Å²) >= 11 is 12.1. The van der Waals surface area contributed by atoms with Gasteiger partial charge >= 0.3 is 0 Å². The summed E-state index contributed by atoms with van der Waals surface area (Å²) in [6.45, 7) is 0. The molecule has 0 saturated heterocycles. The van der Waals surface area contributed by atoms with Gasteiger partial charge in [0.2, 0.25) is 0 Å². The van der Waals surface area contributed by atoms with Crippen molar-refractivity contribution in [2.75, 3.05) is 10.5 Å². The van der Waals surface area contributed by atoms with Crippen LogP contribution in [0, 0.1) is 0 Å². The number of nitrogens with one attached hydrogen (secondary N) is 1. The molecule has 9 heteroatoms. The van der Waals surface area contributed by atoms with Gasteiger partial charge in [-0.25, -0.2) is 13.4 Å². The molecular formula is C11H8Br2ClN3O2S. The fraction of sp³-hybridized carbons (Fsp3) is 0. The van der Waals surface area contributed by atoms with E-state index in [2.05, 4.69) is 41.6 Å². The Kier molecular flexibility index (Phi) is 4.58. The molecule has 0 amide bonds. The number of nitrogen functional groups attached to an aromatic ring is 1. The molecule has 0 fully saturated rings. The third-order valence-corrected chi connectivity index (χ3v) is 5.35. The summed E-state index contributed by atoms with van der Waals surface area (Å²) in [5.74, 6) is 0. The smallest absolute Gasteiger partial charge is 0.265 e. The van der Waals surface area contributed by atoms with Gasteiger partial charge in [-0.05, 0) is 40.2 Å². The highest BCUT2D eigenvalue weighted by atomic mass is 79.9. The van der Waals surface area contributed by atoms with Gasteiger partial charge in [-0.15, -0.1) is 0 Å². The van der Waals surface area contributed by atoms with Crippen LogP contribution in [0.2, 0.25) is 5.15 Å². The van der Waals surface area contributed by atoms with E-state index >= 15 is 0 Å². The summed E-state index contributed by atoms with van der Waals surface area (Å²) in [4.78, 5) is 3.77. The average molecular weight is 442 g/mol. The van der Waals surface area contributed by atoms with Crippen LogP contribution >= 0.6 is 43.5 Å². The number of pyridine rings is 1. The van der Waals surface area contributed by atoms with Gasteiger partial charge in [0.15, 0.2) is 0 Å². The zero-order valence-electron chi connectivity index (χ0n) is 9.77.